The van der Waals surface area contributed by atoms with Crippen molar-refractivity contribution in [3.05, 3.63) is 122 Å². The topological polar surface area (TPSA) is 78.9 Å². The van der Waals surface area contributed by atoms with Crippen molar-refractivity contribution in [3.63, 3.8) is 0 Å². The van der Waals surface area contributed by atoms with Gasteiger partial charge in [0.15, 0.2) is 6.10 Å². The van der Waals surface area contributed by atoms with Crippen molar-refractivity contribution in [2.24, 2.45) is 0 Å². The predicted octanol–water partition coefficient (Wildman–Crippen LogP) is 18.5. The van der Waals surface area contributed by atoms with Gasteiger partial charge in [-0.25, -0.2) is 0 Å². The van der Waals surface area contributed by atoms with Crippen LogP contribution >= 0.6 is 0 Å². The normalized spacial score (nSPS) is 13.0. The summed E-state index contributed by atoms with van der Waals surface area (Å²) in [7, 11) is 0. The molecule has 0 aromatic carbocycles. The van der Waals surface area contributed by atoms with Gasteiger partial charge < -0.3 is 14.2 Å². The number of ether oxygens (including phenoxy) is 3. The average molecular weight is 941 g/mol. The molecule has 0 saturated heterocycles. The Morgan fingerprint density at radius 1 is 0.309 bits per heavy atom. The predicted molar refractivity (Wildman–Crippen MR) is 293 cm³/mol. The van der Waals surface area contributed by atoms with E-state index in [1.54, 1.807) is 0 Å². The van der Waals surface area contributed by atoms with Gasteiger partial charge in [0.05, 0.1) is 0 Å². The molecule has 68 heavy (non-hydrogen) atoms. The fourth-order valence-corrected chi connectivity index (χ4v) is 7.24. The molecule has 0 aliphatic carbocycles. The maximum absolute atomic E-state index is 12.8. The highest BCUT2D eigenvalue weighted by atomic mass is 16.6. The summed E-state index contributed by atoms with van der Waals surface area (Å²) in [5, 5.41) is 0. The summed E-state index contributed by atoms with van der Waals surface area (Å²) in [6, 6.07) is 0. The van der Waals surface area contributed by atoms with E-state index in [2.05, 4.69) is 99.8 Å². The molecule has 384 valence electrons. The van der Waals surface area contributed by atoms with E-state index in [4.69, 9.17) is 14.2 Å². The van der Waals surface area contributed by atoms with Crippen molar-refractivity contribution in [3.8, 4) is 0 Å². The second kappa shape index (κ2) is 55.4. The Hall–Kier alpha value is -4.19. The van der Waals surface area contributed by atoms with Gasteiger partial charge in [0.1, 0.15) is 13.2 Å². The largest absolute Gasteiger partial charge is 0.462 e. The van der Waals surface area contributed by atoms with E-state index >= 15 is 0 Å². The van der Waals surface area contributed by atoms with Gasteiger partial charge in [-0.2, -0.15) is 0 Å². The Balaban J connectivity index is 4.51. The minimum Gasteiger partial charge on any atom is -0.462 e. The SMILES string of the molecule is CC\C=C/C=C\C=C/C=C\CCCCCCCC(=O)OCC(COC(=O)CCCCCCC\C=C/C=C\C=C/C=C\C=C/CCC)OC(=O)CCCCCCCCC/C=C\CCCCCCCC. The van der Waals surface area contributed by atoms with Crippen LogP contribution in [0, 0.1) is 0 Å². The lowest BCUT2D eigenvalue weighted by Gasteiger charge is -2.18. The summed E-state index contributed by atoms with van der Waals surface area (Å²) in [5.74, 6) is -0.957. The van der Waals surface area contributed by atoms with Crippen molar-refractivity contribution in [2.45, 2.75) is 239 Å². The highest BCUT2D eigenvalue weighted by Crippen LogP contribution is 2.14. The Bertz CT molecular complexity index is 1450. The Morgan fingerprint density at radius 2 is 0.618 bits per heavy atom. The summed E-state index contributed by atoms with van der Waals surface area (Å²) in [6.07, 6.45) is 76.0. The van der Waals surface area contributed by atoms with E-state index in [-0.39, 0.29) is 31.1 Å². The van der Waals surface area contributed by atoms with Crippen LogP contribution in [0.5, 0.6) is 0 Å². The molecule has 0 bridgehead atoms. The summed E-state index contributed by atoms with van der Waals surface area (Å²) in [5.41, 5.74) is 0. The molecule has 0 aliphatic rings. The Morgan fingerprint density at radius 3 is 1.00 bits per heavy atom. The van der Waals surface area contributed by atoms with Crippen LogP contribution in [0.25, 0.3) is 0 Å². The first kappa shape index (κ1) is 63.8. The molecule has 6 nitrogen and oxygen atoms in total. The van der Waals surface area contributed by atoms with E-state index in [9.17, 15) is 14.4 Å². The van der Waals surface area contributed by atoms with Crippen LogP contribution in [-0.2, 0) is 28.6 Å². The lowest BCUT2D eigenvalue weighted by Crippen LogP contribution is -2.30. The fraction of sp³-hybridized carbons (Fsp3) is 0.629. The minimum atomic E-state index is -0.805. The number of rotatable bonds is 48. The first-order valence-corrected chi connectivity index (χ1v) is 27.7. The van der Waals surface area contributed by atoms with Crippen LogP contribution in [0.3, 0.4) is 0 Å². The number of esters is 3. The first-order chi connectivity index (χ1) is 33.5. The minimum absolute atomic E-state index is 0.104. The van der Waals surface area contributed by atoms with E-state index < -0.39 is 6.10 Å². The lowest BCUT2D eigenvalue weighted by molar-refractivity contribution is -0.167. The number of hydrogen-bond donors (Lipinski definition) is 0. The third-order valence-corrected chi connectivity index (χ3v) is 11.4. The third-order valence-electron chi connectivity index (χ3n) is 11.4. The maximum atomic E-state index is 12.8. The van der Waals surface area contributed by atoms with Gasteiger partial charge in [0.2, 0.25) is 0 Å². The van der Waals surface area contributed by atoms with Crippen molar-refractivity contribution < 1.29 is 28.6 Å². The molecule has 1 atom stereocenters. The van der Waals surface area contributed by atoms with Gasteiger partial charge in [0.25, 0.3) is 0 Å². The van der Waals surface area contributed by atoms with Gasteiger partial charge >= 0.3 is 17.9 Å². The summed E-state index contributed by atoms with van der Waals surface area (Å²) >= 11 is 0. The highest BCUT2D eigenvalue weighted by molar-refractivity contribution is 5.71. The van der Waals surface area contributed by atoms with Gasteiger partial charge in [-0.05, 0) is 83.5 Å². The number of carbonyl (C=O) groups excluding carboxylic acids is 3. The molecule has 0 saturated carbocycles. The number of carbonyl (C=O) groups is 3. The number of unbranched alkanes of at least 4 members (excludes halogenated alkanes) is 24. The molecule has 0 fully saturated rings. The second-order valence-electron chi connectivity index (χ2n) is 18.0. The van der Waals surface area contributed by atoms with Gasteiger partial charge in [-0.3, -0.25) is 14.4 Å². The van der Waals surface area contributed by atoms with E-state index in [0.717, 1.165) is 109 Å². The van der Waals surface area contributed by atoms with Crippen LogP contribution in [0.4, 0.5) is 0 Å². The highest BCUT2D eigenvalue weighted by Gasteiger charge is 2.19. The molecule has 1 unspecified atom stereocenters. The number of allylic oxidation sites excluding steroid dienone is 20. The molecular weight excluding hydrogens is 841 g/mol. The van der Waals surface area contributed by atoms with E-state index in [0.29, 0.717) is 19.3 Å². The molecule has 0 N–H and O–H groups in total. The van der Waals surface area contributed by atoms with Gasteiger partial charge in [-0.1, -0.05) is 251 Å². The maximum Gasteiger partial charge on any atom is 0.306 e. The van der Waals surface area contributed by atoms with Crippen LogP contribution < -0.4 is 0 Å². The molecule has 0 aliphatic heterocycles. The standard InChI is InChI=1S/C62H100O6/c1-4-7-10-13-16-19-22-25-28-30-32-34-37-40-43-46-49-52-55-61(64)67-58-59(57-66-60(63)54-51-48-45-42-39-36-33-27-24-21-18-15-12-9-6-3)68-62(65)56-53-50-47-44-41-38-35-31-29-26-23-20-17-14-11-8-5-2/h9-10,12-13,15-16,18-19,21-22,24-30,32-34,59H,4-8,11,14,17,20,23,31,35-58H2,1-3H3/b12-9-,13-10-,18-15-,19-16-,24-21-,25-22-,29-26-,30-28-,33-27-,34-32-. The summed E-state index contributed by atoms with van der Waals surface area (Å²) in [4.78, 5) is 38.1. The second-order valence-corrected chi connectivity index (χ2v) is 18.0. The zero-order chi connectivity index (χ0) is 49.3. The van der Waals surface area contributed by atoms with Gasteiger partial charge in [-0.15, -0.1) is 0 Å². The van der Waals surface area contributed by atoms with Crippen LogP contribution in [-0.4, -0.2) is 37.2 Å². The third kappa shape index (κ3) is 52.8. The molecule has 0 spiro atoms. The first-order valence-electron chi connectivity index (χ1n) is 27.7. The van der Waals surface area contributed by atoms with Crippen molar-refractivity contribution in [1.82, 2.24) is 0 Å². The molecule has 0 amide bonds. The quantitative estimate of drug-likeness (QED) is 0.0199. The molecule has 0 aromatic heterocycles. The molecule has 0 radical (unpaired) electrons. The smallest absolute Gasteiger partial charge is 0.306 e. The van der Waals surface area contributed by atoms with E-state index in [1.807, 2.05) is 42.5 Å². The Kier molecular flexibility index (Phi) is 52.0. The van der Waals surface area contributed by atoms with Crippen LogP contribution in [0.2, 0.25) is 0 Å². The molecule has 0 rings (SSSR count). The average Bonchev–Trinajstić information content (AvgIpc) is 3.34. The van der Waals surface area contributed by atoms with Crippen molar-refractivity contribution in [2.75, 3.05) is 13.2 Å². The molecular formula is C62H100O6. The van der Waals surface area contributed by atoms with Crippen LogP contribution in [0.15, 0.2) is 122 Å². The molecule has 6 heteroatoms. The lowest BCUT2D eigenvalue weighted by atomic mass is 10.1. The van der Waals surface area contributed by atoms with Gasteiger partial charge in [0, 0.05) is 19.3 Å². The summed E-state index contributed by atoms with van der Waals surface area (Å²) < 4.78 is 16.8. The number of hydrogen-bond acceptors (Lipinski definition) is 6. The van der Waals surface area contributed by atoms with Crippen molar-refractivity contribution >= 4 is 17.9 Å². The monoisotopic (exact) mass is 941 g/mol. The molecule has 0 heterocycles. The molecule has 0 aromatic rings. The van der Waals surface area contributed by atoms with Crippen LogP contribution in [0.1, 0.15) is 233 Å². The zero-order valence-corrected chi connectivity index (χ0v) is 43.8. The summed E-state index contributed by atoms with van der Waals surface area (Å²) in [6.45, 7) is 6.36. The van der Waals surface area contributed by atoms with E-state index in [1.165, 1.54) is 83.5 Å². The fourth-order valence-electron chi connectivity index (χ4n) is 7.24. The zero-order valence-electron chi connectivity index (χ0n) is 43.8. The Labute approximate surface area is 418 Å². The van der Waals surface area contributed by atoms with Crippen molar-refractivity contribution in [1.29, 1.82) is 0 Å².